The van der Waals surface area contributed by atoms with E-state index in [0.717, 1.165) is 38.0 Å². The van der Waals surface area contributed by atoms with Crippen LogP contribution in [-0.4, -0.2) is 40.6 Å². The highest BCUT2D eigenvalue weighted by molar-refractivity contribution is 5.94. The van der Waals surface area contributed by atoms with Crippen LogP contribution in [0, 0.1) is 5.41 Å². The number of carbonyl (C=O) groups is 1. The zero-order chi connectivity index (χ0) is 15.5. The number of carbonyl (C=O) groups excluding carboxylic acids is 1. The third-order valence-electron chi connectivity index (χ3n) is 4.82. The van der Waals surface area contributed by atoms with Gasteiger partial charge < -0.3 is 10.0 Å². The second kappa shape index (κ2) is 6.56. The van der Waals surface area contributed by atoms with E-state index < -0.39 is 0 Å². The van der Waals surface area contributed by atoms with Crippen molar-refractivity contribution in [2.24, 2.45) is 5.41 Å². The van der Waals surface area contributed by atoms with Gasteiger partial charge in [-0.15, -0.1) is 0 Å². The second-order valence-corrected chi connectivity index (χ2v) is 6.43. The molecule has 1 amide bonds. The average Bonchev–Trinajstić information content (AvgIpc) is 2.54. The van der Waals surface area contributed by atoms with Crippen molar-refractivity contribution in [3.8, 4) is 0 Å². The van der Waals surface area contributed by atoms with Gasteiger partial charge in [0.2, 0.25) is 0 Å². The highest BCUT2D eigenvalue weighted by Crippen LogP contribution is 2.34. The maximum atomic E-state index is 12.5. The molecule has 1 aliphatic rings. The van der Waals surface area contributed by atoms with Crippen LogP contribution < -0.4 is 0 Å². The van der Waals surface area contributed by atoms with E-state index in [1.165, 1.54) is 0 Å². The van der Waals surface area contributed by atoms with Gasteiger partial charge >= 0.3 is 0 Å². The zero-order valence-electron chi connectivity index (χ0n) is 13.3. The van der Waals surface area contributed by atoms with Crippen LogP contribution in [0.2, 0.25) is 0 Å². The number of aliphatic hydroxyl groups is 1. The van der Waals surface area contributed by atoms with Gasteiger partial charge in [-0.05, 0) is 42.7 Å². The molecule has 4 nitrogen and oxygen atoms in total. The first-order valence-electron chi connectivity index (χ1n) is 7.87. The topological polar surface area (TPSA) is 53.4 Å². The minimum atomic E-state index is 0.0104. The fraction of sp³-hybridized carbons (Fsp3) is 0.647. The van der Waals surface area contributed by atoms with Crippen molar-refractivity contribution in [3.63, 3.8) is 0 Å². The summed E-state index contributed by atoms with van der Waals surface area (Å²) in [6, 6.07) is 3.81. The molecule has 1 fully saturated rings. The minimum absolute atomic E-state index is 0.0104. The Balaban J connectivity index is 2.01. The van der Waals surface area contributed by atoms with Gasteiger partial charge in [0, 0.05) is 31.6 Å². The molecule has 0 unspecified atom stereocenters. The molecule has 0 aromatic carbocycles. The lowest BCUT2D eigenvalue weighted by Crippen LogP contribution is -2.44. The van der Waals surface area contributed by atoms with Crippen LogP contribution in [0.1, 0.15) is 62.0 Å². The van der Waals surface area contributed by atoms with Crippen LogP contribution in [0.5, 0.6) is 0 Å². The Morgan fingerprint density at radius 3 is 2.48 bits per heavy atom. The van der Waals surface area contributed by atoms with Crippen molar-refractivity contribution >= 4 is 5.91 Å². The first kappa shape index (κ1) is 16.0. The summed E-state index contributed by atoms with van der Waals surface area (Å²) < 4.78 is 0. The van der Waals surface area contributed by atoms with Crippen LogP contribution in [0.15, 0.2) is 18.3 Å². The molecule has 21 heavy (non-hydrogen) atoms. The van der Waals surface area contributed by atoms with Crippen molar-refractivity contribution < 1.29 is 9.90 Å². The summed E-state index contributed by atoms with van der Waals surface area (Å²) in [7, 11) is 0. The Hall–Kier alpha value is -1.42. The maximum Gasteiger partial charge on any atom is 0.255 e. The van der Waals surface area contributed by atoms with E-state index in [1.54, 1.807) is 6.20 Å². The lowest BCUT2D eigenvalue weighted by atomic mass is 9.77. The summed E-state index contributed by atoms with van der Waals surface area (Å²) >= 11 is 0. The van der Waals surface area contributed by atoms with Crippen molar-refractivity contribution in [1.29, 1.82) is 0 Å². The number of hydrogen-bond acceptors (Lipinski definition) is 3. The van der Waals surface area contributed by atoms with Gasteiger partial charge in [0.05, 0.1) is 5.56 Å². The van der Waals surface area contributed by atoms with Crippen LogP contribution in [0.25, 0.3) is 0 Å². The SMILES string of the molecule is CCC1(CO)CCN(C(=O)c2ccc(C(C)C)nc2)CC1. The number of rotatable bonds is 4. The molecule has 0 aliphatic carbocycles. The molecule has 4 heteroatoms. The summed E-state index contributed by atoms with van der Waals surface area (Å²) in [6.45, 7) is 7.96. The van der Waals surface area contributed by atoms with Gasteiger partial charge in [-0.2, -0.15) is 0 Å². The summed E-state index contributed by atoms with van der Waals surface area (Å²) in [5.74, 6) is 0.430. The van der Waals surface area contributed by atoms with E-state index in [4.69, 9.17) is 0 Å². The summed E-state index contributed by atoms with van der Waals surface area (Å²) in [5, 5.41) is 9.55. The molecular formula is C17H26N2O2. The van der Waals surface area contributed by atoms with E-state index in [2.05, 4.69) is 25.8 Å². The lowest BCUT2D eigenvalue weighted by Gasteiger charge is -2.40. The lowest BCUT2D eigenvalue weighted by molar-refractivity contribution is 0.0338. The Labute approximate surface area is 127 Å². The molecule has 0 bridgehead atoms. The molecule has 0 saturated carbocycles. The number of piperidine rings is 1. The molecule has 1 aliphatic heterocycles. The third kappa shape index (κ3) is 3.43. The largest absolute Gasteiger partial charge is 0.396 e. The highest BCUT2D eigenvalue weighted by atomic mass is 16.3. The molecule has 2 rings (SSSR count). The average molecular weight is 290 g/mol. The van der Waals surface area contributed by atoms with Crippen LogP contribution >= 0.6 is 0 Å². The number of aromatic nitrogens is 1. The molecule has 1 aromatic heterocycles. The minimum Gasteiger partial charge on any atom is -0.396 e. The van der Waals surface area contributed by atoms with Gasteiger partial charge in [0.25, 0.3) is 5.91 Å². The van der Waals surface area contributed by atoms with Crippen molar-refractivity contribution in [2.75, 3.05) is 19.7 Å². The molecule has 1 saturated heterocycles. The standard InChI is InChI=1S/C17H26N2O2/c1-4-17(12-20)7-9-19(10-8-17)16(21)14-5-6-15(13(2)3)18-11-14/h5-6,11,13,20H,4,7-10,12H2,1-3H3. The van der Waals surface area contributed by atoms with Gasteiger partial charge in [-0.3, -0.25) is 9.78 Å². The Morgan fingerprint density at radius 2 is 2.05 bits per heavy atom. The first-order valence-corrected chi connectivity index (χ1v) is 7.87. The summed E-state index contributed by atoms with van der Waals surface area (Å²) in [4.78, 5) is 18.7. The van der Waals surface area contributed by atoms with E-state index >= 15 is 0 Å². The molecule has 116 valence electrons. The molecule has 1 aromatic rings. The first-order chi connectivity index (χ1) is 10.0. The normalized spacial score (nSPS) is 18.0. The highest BCUT2D eigenvalue weighted by Gasteiger charge is 2.34. The van der Waals surface area contributed by atoms with Crippen LogP contribution in [0.3, 0.4) is 0 Å². The molecule has 0 atom stereocenters. The smallest absolute Gasteiger partial charge is 0.255 e. The number of pyridine rings is 1. The van der Waals surface area contributed by atoms with Crippen LogP contribution in [-0.2, 0) is 0 Å². The second-order valence-electron chi connectivity index (χ2n) is 6.43. The Morgan fingerprint density at radius 1 is 1.38 bits per heavy atom. The number of likely N-dealkylation sites (tertiary alicyclic amines) is 1. The predicted molar refractivity (Wildman–Crippen MR) is 83.3 cm³/mol. The molecule has 0 spiro atoms. The molecule has 0 radical (unpaired) electrons. The molecule has 2 heterocycles. The number of amides is 1. The van der Waals surface area contributed by atoms with E-state index in [1.807, 2.05) is 17.0 Å². The Bertz CT molecular complexity index is 468. The number of hydrogen-bond donors (Lipinski definition) is 1. The van der Waals surface area contributed by atoms with E-state index in [0.29, 0.717) is 11.5 Å². The monoisotopic (exact) mass is 290 g/mol. The van der Waals surface area contributed by atoms with Crippen LogP contribution in [0.4, 0.5) is 0 Å². The zero-order valence-corrected chi connectivity index (χ0v) is 13.3. The summed E-state index contributed by atoms with van der Waals surface area (Å²) in [6.07, 6.45) is 4.41. The molecular weight excluding hydrogens is 264 g/mol. The number of aliphatic hydroxyl groups excluding tert-OH is 1. The van der Waals surface area contributed by atoms with Crippen molar-refractivity contribution in [3.05, 3.63) is 29.6 Å². The van der Waals surface area contributed by atoms with Gasteiger partial charge in [-0.25, -0.2) is 0 Å². The summed E-state index contributed by atoms with van der Waals surface area (Å²) in [5.41, 5.74) is 1.68. The quantitative estimate of drug-likeness (QED) is 0.927. The van der Waals surface area contributed by atoms with Crippen molar-refractivity contribution in [1.82, 2.24) is 9.88 Å². The third-order valence-corrected chi connectivity index (χ3v) is 4.82. The van der Waals surface area contributed by atoms with Gasteiger partial charge in [-0.1, -0.05) is 20.8 Å². The number of nitrogens with zero attached hydrogens (tertiary/aromatic N) is 2. The van der Waals surface area contributed by atoms with Gasteiger partial charge in [0.15, 0.2) is 0 Å². The maximum absolute atomic E-state index is 12.5. The van der Waals surface area contributed by atoms with E-state index in [-0.39, 0.29) is 17.9 Å². The van der Waals surface area contributed by atoms with Gasteiger partial charge in [0.1, 0.15) is 0 Å². The fourth-order valence-corrected chi connectivity index (χ4v) is 2.86. The fourth-order valence-electron chi connectivity index (χ4n) is 2.86. The Kier molecular flexibility index (Phi) is 4.99. The predicted octanol–water partition coefficient (Wildman–Crippen LogP) is 2.83. The van der Waals surface area contributed by atoms with E-state index in [9.17, 15) is 9.90 Å². The molecule has 1 N–H and O–H groups in total. The van der Waals surface area contributed by atoms with Crippen molar-refractivity contribution in [2.45, 2.75) is 46.0 Å².